The van der Waals surface area contributed by atoms with Gasteiger partial charge in [0.15, 0.2) is 5.78 Å². The van der Waals surface area contributed by atoms with Gasteiger partial charge in [-0.1, -0.05) is 11.6 Å². The Bertz CT molecular complexity index is 431. The van der Waals surface area contributed by atoms with Gasteiger partial charge in [-0.25, -0.2) is 0 Å². The number of hydrogen-bond donors (Lipinski definition) is 0. The van der Waals surface area contributed by atoms with Crippen LogP contribution in [0.5, 0.6) is 0 Å². The maximum atomic E-state index is 11.7. The lowest BCUT2D eigenvalue weighted by atomic mass is 10.1. The van der Waals surface area contributed by atoms with E-state index in [-0.39, 0.29) is 5.78 Å². The molecule has 2 heterocycles. The second-order valence-electron chi connectivity index (χ2n) is 2.83. The molecule has 14 heavy (non-hydrogen) atoms. The normalized spacial score (nSPS) is 10.4. The summed E-state index contributed by atoms with van der Waals surface area (Å²) in [6.45, 7) is 0. The average molecular weight is 227 g/mol. The molecule has 0 aromatic carbocycles. The van der Waals surface area contributed by atoms with Crippen LogP contribution < -0.4 is 0 Å². The number of rotatable bonds is 3. The number of thiophene rings is 1. The first-order valence-corrected chi connectivity index (χ1v) is 5.30. The van der Waals surface area contributed by atoms with E-state index in [1.54, 1.807) is 24.7 Å². The highest BCUT2D eigenvalue weighted by atomic mass is 35.5. The Labute approximate surface area is 90.1 Å². The lowest BCUT2D eigenvalue weighted by molar-refractivity contribution is 0.0997. The minimum Gasteiger partial charge on any atom is -0.472 e. The van der Waals surface area contributed by atoms with Gasteiger partial charge in [0, 0.05) is 6.42 Å². The lowest BCUT2D eigenvalue weighted by Crippen LogP contribution is -2.00. The molecule has 0 atom stereocenters. The number of carbonyl (C=O) groups excluding carboxylic acids is 1. The van der Waals surface area contributed by atoms with Crippen LogP contribution in [-0.4, -0.2) is 5.78 Å². The van der Waals surface area contributed by atoms with Gasteiger partial charge in [0.05, 0.1) is 22.4 Å². The predicted molar refractivity (Wildman–Crippen MR) is 56.1 cm³/mol. The SMILES string of the molecule is O=C(Cc1ccoc1)c1sccc1Cl. The van der Waals surface area contributed by atoms with Crippen molar-refractivity contribution in [3.8, 4) is 0 Å². The molecule has 2 nitrogen and oxygen atoms in total. The molecule has 0 aliphatic heterocycles. The predicted octanol–water partition coefficient (Wildman–Crippen LogP) is 3.42. The van der Waals surface area contributed by atoms with Crippen LogP contribution in [0.3, 0.4) is 0 Å². The fraction of sp³-hybridized carbons (Fsp3) is 0.100. The summed E-state index contributed by atoms with van der Waals surface area (Å²) in [5.41, 5.74) is 0.875. The summed E-state index contributed by atoms with van der Waals surface area (Å²) < 4.78 is 4.88. The van der Waals surface area contributed by atoms with Gasteiger partial charge < -0.3 is 4.42 Å². The zero-order valence-electron chi connectivity index (χ0n) is 7.20. The summed E-state index contributed by atoms with van der Waals surface area (Å²) in [5.74, 6) is 0.0337. The van der Waals surface area contributed by atoms with Gasteiger partial charge in [-0.3, -0.25) is 4.79 Å². The van der Waals surface area contributed by atoms with Crippen molar-refractivity contribution in [2.45, 2.75) is 6.42 Å². The monoisotopic (exact) mass is 226 g/mol. The van der Waals surface area contributed by atoms with E-state index in [9.17, 15) is 4.79 Å². The van der Waals surface area contributed by atoms with E-state index >= 15 is 0 Å². The van der Waals surface area contributed by atoms with Crippen molar-refractivity contribution in [2.24, 2.45) is 0 Å². The lowest BCUT2D eigenvalue weighted by Gasteiger charge is -1.95. The Balaban J connectivity index is 2.14. The Morgan fingerprint density at radius 1 is 1.50 bits per heavy atom. The van der Waals surface area contributed by atoms with E-state index in [2.05, 4.69) is 0 Å². The Hall–Kier alpha value is -1.06. The van der Waals surface area contributed by atoms with Gasteiger partial charge >= 0.3 is 0 Å². The Kier molecular flexibility index (Phi) is 2.70. The third-order valence-corrected chi connectivity index (χ3v) is 3.20. The number of halogens is 1. The highest BCUT2D eigenvalue weighted by Crippen LogP contribution is 2.23. The Morgan fingerprint density at radius 3 is 2.93 bits per heavy atom. The van der Waals surface area contributed by atoms with Crippen molar-refractivity contribution in [1.29, 1.82) is 0 Å². The molecule has 4 heteroatoms. The smallest absolute Gasteiger partial charge is 0.178 e. The van der Waals surface area contributed by atoms with E-state index in [1.165, 1.54) is 11.3 Å². The number of furan rings is 1. The third kappa shape index (κ3) is 1.89. The minimum absolute atomic E-state index is 0.0337. The highest BCUT2D eigenvalue weighted by Gasteiger charge is 2.12. The molecule has 0 radical (unpaired) electrons. The number of Topliss-reactive ketones (excluding diaryl/α,β-unsaturated/α-hetero) is 1. The maximum Gasteiger partial charge on any atom is 0.178 e. The number of hydrogen-bond acceptors (Lipinski definition) is 3. The molecule has 2 aromatic heterocycles. The van der Waals surface area contributed by atoms with Crippen LogP contribution in [0.4, 0.5) is 0 Å². The van der Waals surface area contributed by atoms with E-state index < -0.39 is 0 Å². The van der Waals surface area contributed by atoms with Gasteiger partial charge in [-0.15, -0.1) is 11.3 Å². The molecule has 0 spiro atoms. The van der Waals surface area contributed by atoms with Crippen molar-refractivity contribution in [3.63, 3.8) is 0 Å². The van der Waals surface area contributed by atoms with Gasteiger partial charge in [0.25, 0.3) is 0 Å². The summed E-state index contributed by atoms with van der Waals surface area (Å²) in [6.07, 6.45) is 3.47. The van der Waals surface area contributed by atoms with E-state index in [1.807, 2.05) is 5.38 Å². The molecular weight excluding hydrogens is 220 g/mol. The van der Waals surface area contributed by atoms with Crippen LogP contribution >= 0.6 is 22.9 Å². The first-order valence-electron chi connectivity index (χ1n) is 4.04. The average Bonchev–Trinajstić information content (AvgIpc) is 2.75. The van der Waals surface area contributed by atoms with Gasteiger partial charge in [-0.2, -0.15) is 0 Å². The molecule has 0 bridgehead atoms. The summed E-state index contributed by atoms with van der Waals surface area (Å²) in [5, 5.41) is 2.34. The second kappa shape index (κ2) is 3.98. The molecule has 0 N–H and O–H groups in total. The summed E-state index contributed by atoms with van der Waals surface area (Å²) in [6, 6.07) is 3.51. The van der Waals surface area contributed by atoms with Crippen molar-refractivity contribution >= 4 is 28.7 Å². The summed E-state index contributed by atoms with van der Waals surface area (Å²) >= 11 is 7.21. The van der Waals surface area contributed by atoms with Crippen molar-refractivity contribution in [2.75, 3.05) is 0 Å². The van der Waals surface area contributed by atoms with Crippen molar-refractivity contribution < 1.29 is 9.21 Å². The first kappa shape index (κ1) is 9.49. The molecule has 2 rings (SSSR count). The molecule has 0 fully saturated rings. The van der Waals surface area contributed by atoms with Crippen molar-refractivity contribution in [3.05, 3.63) is 45.5 Å². The fourth-order valence-corrected chi connectivity index (χ4v) is 2.25. The molecule has 0 saturated carbocycles. The minimum atomic E-state index is 0.0337. The summed E-state index contributed by atoms with van der Waals surface area (Å²) in [4.78, 5) is 12.3. The molecule has 0 aliphatic carbocycles. The van der Waals surface area contributed by atoms with E-state index in [4.69, 9.17) is 16.0 Å². The second-order valence-corrected chi connectivity index (χ2v) is 4.15. The van der Waals surface area contributed by atoms with E-state index in [0.717, 1.165) is 5.56 Å². The molecule has 0 amide bonds. The maximum absolute atomic E-state index is 11.7. The number of carbonyl (C=O) groups is 1. The van der Waals surface area contributed by atoms with Gasteiger partial charge in [-0.05, 0) is 23.1 Å². The zero-order chi connectivity index (χ0) is 9.97. The fourth-order valence-electron chi connectivity index (χ4n) is 1.15. The molecule has 0 unspecified atom stereocenters. The largest absolute Gasteiger partial charge is 0.472 e. The van der Waals surface area contributed by atoms with Crippen LogP contribution in [0, 0.1) is 0 Å². The van der Waals surface area contributed by atoms with Crippen LogP contribution in [-0.2, 0) is 6.42 Å². The van der Waals surface area contributed by atoms with E-state index in [0.29, 0.717) is 16.3 Å². The van der Waals surface area contributed by atoms with Crippen LogP contribution in [0.2, 0.25) is 5.02 Å². The zero-order valence-corrected chi connectivity index (χ0v) is 8.77. The standard InChI is InChI=1S/C10H7ClO2S/c11-8-2-4-14-10(8)9(12)5-7-1-3-13-6-7/h1-4,6H,5H2. The van der Waals surface area contributed by atoms with Gasteiger partial charge in [0.1, 0.15) is 0 Å². The molecule has 0 saturated heterocycles. The van der Waals surface area contributed by atoms with Crippen LogP contribution in [0.1, 0.15) is 15.2 Å². The topological polar surface area (TPSA) is 30.2 Å². The molecule has 0 aliphatic rings. The van der Waals surface area contributed by atoms with Crippen LogP contribution in [0.15, 0.2) is 34.5 Å². The van der Waals surface area contributed by atoms with Crippen LogP contribution in [0.25, 0.3) is 0 Å². The first-order chi connectivity index (χ1) is 6.77. The molecule has 2 aromatic rings. The Morgan fingerprint density at radius 2 is 2.36 bits per heavy atom. The quantitative estimate of drug-likeness (QED) is 0.751. The number of ketones is 1. The third-order valence-electron chi connectivity index (χ3n) is 1.82. The molecular formula is C10H7ClO2S. The van der Waals surface area contributed by atoms with Crippen molar-refractivity contribution in [1.82, 2.24) is 0 Å². The van der Waals surface area contributed by atoms with Gasteiger partial charge in [0.2, 0.25) is 0 Å². The molecule has 72 valence electrons. The highest BCUT2D eigenvalue weighted by molar-refractivity contribution is 7.12. The summed E-state index contributed by atoms with van der Waals surface area (Å²) in [7, 11) is 0.